The van der Waals surface area contributed by atoms with Crippen LogP contribution in [-0.4, -0.2) is 36.3 Å². The summed E-state index contributed by atoms with van der Waals surface area (Å²) in [6.45, 7) is 2.06. The zero-order valence-corrected chi connectivity index (χ0v) is 17.5. The molecule has 1 amide bonds. The highest BCUT2D eigenvalue weighted by Crippen LogP contribution is 2.28. The first-order valence-electron chi connectivity index (χ1n) is 8.52. The van der Waals surface area contributed by atoms with E-state index in [1.165, 1.54) is 11.8 Å². The minimum atomic E-state index is -0.361. The van der Waals surface area contributed by atoms with Gasteiger partial charge in [0.1, 0.15) is 0 Å². The molecule has 0 spiro atoms. The van der Waals surface area contributed by atoms with Gasteiger partial charge in [-0.2, -0.15) is 17.0 Å². The highest BCUT2D eigenvalue weighted by Gasteiger charge is 2.16. The molecule has 2 aromatic carbocycles. The number of rotatable bonds is 5. The van der Waals surface area contributed by atoms with Gasteiger partial charge in [0.25, 0.3) is 0 Å². The molecule has 138 valence electrons. The third-order valence-corrected chi connectivity index (χ3v) is 6.02. The van der Waals surface area contributed by atoms with E-state index in [-0.39, 0.29) is 18.1 Å². The summed E-state index contributed by atoms with van der Waals surface area (Å²) in [5.41, 5.74) is 2.64. The Morgan fingerprint density at radius 2 is 1.96 bits per heavy atom. The Morgan fingerprint density at radius 1 is 1.19 bits per heavy atom. The van der Waals surface area contributed by atoms with Crippen LogP contribution < -0.4 is 10.2 Å². The molecule has 0 aliphatic carbocycles. The molecule has 1 heterocycles. The molecule has 1 aliphatic heterocycles. The molecule has 1 saturated heterocycles. The van der Waals surface area contributed by atoms with Gasteiger partial charge < -0.3 is 10.2 Å². The first kappa shape index (κ1) is 19.7. The number of hydrogen-bond acceptors (Lipinski definition) is 5. The number of benzene rings is 2. The Balaban J connectivity index is 1.62. The van der Waals surface area contributed by atoms with Crippen LogP contribution in [0.3, 0.4) is 0 Å². The second kappa shape index (κ2) is 9.24. The smallest absolute Gasteiger partial charge is 0.232 e. The van der Waals surface area contributed by atoms with E-state index in [0.717, 1.165) is 28.2 Å². The predicted molar refractivity (Wildman–Crippen MR) is 117 cm³/mol. The summed E-state index contributed by atoms with van der Waals surface area (Å²) in [6.07, 6.45) is -0.253. The van der Waals surface area contributed by atoms with E-state index in [1.54, 1.807) is 18.2 Å². The molecule has 1 fully saturated rings. The first-order chi connectivity index (χ1) is 13.1. The minimum absolute atomic E-state index is 0.253. The third kappa shape index (κ3) is 5.23. The van der Waals surface area contributed by atoms with Crippen molar-refractivity contribution in [1.82, 2.24) is 0 Å². The van der Waals surface area contributed by atoms with Crippen molar-refractivity contribution >= 4 is 57.4 Å². The molecule has 1 aliphatic rings. The molecule has 0 radical (unpaired) electrons. The zero-order chi connectivity index (χ0) is 19.2. The maximum absolute atomic E-state index is 12.3. The second-order valence-electron chi connectivity index (χ2n) is 6.11. The Kier molecular flexibility index (Phi) is 6.74. The summed E-state index contributed by atoms with van der Waals surface area (Å²) >= 11 is 4.25. The highest BCUT2D eigenvalue weighted by molar-refractivity contribution is 14.1. The molecule has 0 bridgehead atoms. The number of carbonyl (C=O) groups excluding carboxylic acids is 2. The lowest BCUT2D eigenvalue weighted by Crippen LogP contribution is -2.33. The van der Waals surface area contributed by atoms with Gasteiger partial charge >= 0.3 is 0 Å². The summed E-state index contributed by atoms with van der Waals surface area (Å²) in [7, 11) is 0. The predicted octanol–water partition coefficient (Wildman–Crippen LogP) is 3.93. The molecule has 0 aromatic heterocycles. The number of hydrogen-bond donors (Lipinski definition) is 1. The van der Waals surface area contributed by atoms with Crippen LogP contribution in [-0.2, 0) is 4.79 Å². The number of nitrogens with zero attached hydrogens (tertiary/aromatic N) is 2. The van der Waals surface area contributed by atoms with Crippen molar-refractivity contribution in [2.75, 3.05) is 34.8 Å². The van der Waals surface area contributed by atoms with Crippen LogP contribution in [0.5, 0.6) is 0 Å². The monoisotopic (exact) mass is 491 g/mol. The summed E-state index contributed by atoms with van der Waals surface area (Å²) < 4.78 is 1.07. The van der Waals surface area contributed by atoms with Gasteiger partial charge in [0.05, 0.1) is 23.7 Å². The zero-order valence-electron chi connectivity index (χ0n) is 14.6. The van der Waals surface area contributed by atoms with Gasteiger partial charge in [-0.05, 0) is 52.9 Å². The maximum atomic E-state index is 12.3. The lowest BCUT2D eigenvalue weighted by molar-refractivity contribution is -0.115. The van der Waals surface area contributed by atoms with Crippen molar-refractivity contribution < 1.29 is 9.59 Å². The van der Waals surface area contributed by atoms with Crippen molar-refractivity contribution in [3.8, 4) is 6.07 Å². The van der Waals surface area contributed by atoms with E-state index in [4.69, 9.17) is 5.26 Å². The molecule has 3 rings (SSSR count). The van der Waals surface area contributed by atoms with E-state index in [9.17, 15) is 9.59 Å². The topological polar surface area (TPSA) is 73.2 Å². The van der Waals surface area contributed by atoms with Crippen LogP contribution >= 0.6 is 34.4 Å². The van der Waals surface area contributed by atoms with Gasteiger partial charge in [0, 0.05) is 39.4 Å². The molecular weight excluding hydrogens is 473 g/mol. The molecule has 0 unspecified atom stereocenters. The fourth-order valence-electron chi connectivity index (χ4n) is 2.86. The number of nitriles is 1. The van der Waals surface area contributed by atoms with Gasteiger partial charge in [-0.25, -0.2) is 0 Å². The van der Waals surface area contributed by atoms with Crippen LogP contribution in [0.1, 0.15) is 22.3 Å². The van der Waals surface area contributed by atoms with Gasteiger partial charge in [-0.1, -0.05) is 12.1 Å². The number of nitrogens with one attached hydrogen (secondary N) is 1. The number of Topliss-reactive ketones (excluding diaryl/α,β-unsaturated/α-hetero) is 1. The first-order valence-corrected chi connectivity index (χ1v) is 10.8. The van der Waals surface area contributed by atoms with Gasteiger partial charge in [0.2, 0.25) is 5.91 Å². The molecular formula is C20H18IN3O2S. The number of amides is 1. The largest absolute Gasteiger partial charge is 0.369 e. The molecule has 7 heteroatoms. The SMILES string of the molecule is N#Cc1cccc(C(=O)CC(=O)Nc2ccc(N3CCSCC3)c(I)c2)c1. The van der Waals surface area contributed by atoms with Gasteiger partial charge in [-0.15, -0.1) is 0 Å². The number of carbonyl (C=O) groups is 2. The van der Waals surface area contributed by atoms with Crippen molar-refractivity contribution in [3.05, 3.63) is 57.2 Å². The highest BCUT2D eigenvalue weighted by atomic mass is 127. The van der Waals surface area contributed by atoms with Crippen LogP contribution in [0.25, 0.3) is 0 Å². The normalized spacial score (nSPS) is 13.7. The van der Waals surface area contributed by atoms with Crippen LogP contribution in [0.15, 0.2) is 42.5 Å². The molecule has 1 N–H and O–H groups in total. The molecule has 5 nitrogen and oxygen atoms in total. The van der Waals surface area contributed by atoms with Crippen LogP contribution in [0, 0.1) is 14.9 Å². The van der Waals surface area contributed by atoms with E-state index >= 15 is 0 Å². The Hall–Kier alpha value is -2.05. The number of thioether (sulfide) groups is 1. The van der Waals surface area contributed by atoms with Crippen LogP contribution in [0.2, 0.25) is 0 Å². The molecule has 2 aromatic rings. The lowest BCUT2D eigenvalue weighted by atomic mass is 10.1. The Morgan fingerprint density at radius 3 is 2.67 bits per heavy atom. The third-order valence-electron chi connectivity index (χ3n) is 4.22. The summed E-state index contributed by atoms with van der Waals surface area (Å²) in [5, 5.41) is 11.7. The van der Waals surface area contributed by atoms with E-state index in [0.29, 0.717) is 16.8 Å². The average Bonchev–Trinajstić information content (AvgIpc) is 2.68. The second-order valence-corrected chi connectivity index (χ2v) is 8.49. The van der Waals surface area contributed by atoms with Crippen molar-refractivity contribution in [2.45, 2.75) is 6.42 Å². The quantitative estimate of drug-likeness (QED) is 0.390. The fourth-order valence-corrected chi connectivity index (χ4v) is 4.62. The molecule has 0 saturated carbocycles. The standard InChI is InChI=1S/C20H18IN3O2S/c21-17-11-16(4-5-18(17)24-6-8-27-9-7-24)23-20(26)12-19(25)15-3-1-2-14(10-15)13-22/h1-5,10-11H,6-9,12H2,(H,23,26). The van der Waals surface area contributed by atoms with Gasteiger partial charge in [-0.3, -0.25) is 9.59 Å². The Bertz CT molecular complexity index is 904. The van der Waals surface area contributed by atoms with E-state index in [1.807, 2.05) is 36.0 Å². The maximum Gasteiger partial charge on any atom is 0.232 e. The van der Waals surface area contributed by atoms with Crippen LogP contribution in [0.4, 0.5) is 11.4 Å². The Labute approximate surface area is 176 Å². The lowest BCUT2D eigenvalue weighted by Gasteiger charge is -2.29. The summed E-state index contributed by atoms with van der Waals surface area (Å²) in [6, 6.07) is 14.2. The number of ketones is 1. The number of anilines is 2. The summed E-state index contributed by atoms with van der Waals surface area (Å²) in [4.78, 5) is 26.9. The minimum Gasteiger partial charge on any atom is -0.369 e. The van der Waals surface area contributed by atoms with E-state index < -0.39 is 0 Å². The number of halogens is 1. The van der Waals surface area contributed by atoms with Crippen molar-refractivity contribution in [1.29, 1.82) is 5.26 Å². The van der Waals surface area contributed by atoms with E-state index in [2.05, 4.69) is 32.8 Å². The van der Waals surface area contributed by atoms with Gasteiger partial charge in [0.15, 0.2) is 5.78 Å². The fraction of sp³-hybridized carbons (Fsp3) is 0.250. The molecule has 27 heavy (non-hydrogen) atoms. The molecule has 0 atom stereocenters. The summed E-state index contributed by atoms with van der Waals surface area (Å²) in [5.74, 6) is 1.59. The van der Waals surface area contributed by atoms with Crippen molar-refractivity contribution in [3.63, 3.8) is 0 Å². The average molecular weight is 491 g/mol. The van der Waals surface area contributed by atoms with Crippen molar-refractivity contribution in [2.24, 2.45) is 0 Å².